The third-order valence-electron chi connectivity index (χ3n) is 3.47. The second-order valence-electron chi connectivity index (χ2n) is 7.97. The lowest BCUT2D eigenvalue weighted by Crippen LogP contribution is -2.45. The highest BCUT2D eigenvalue weighted by molar-refractivity contribution is 4.83. The normalized spacial score (nSPS) is 30.5. The van der Waals surface area contributed by atoms with E-state index in [1.165, 1.54) is 0 Å². The maximum absolute atomic E-state index is 6.11. The molecule has 1 aliphatic heterocycles. The van der Waals surface area contributed by atoms with Gasteiger partial charge >= 0.3 is 0 Å². The van der Waals surface area contributed by atoms with Gasteiger partial charge in [-0.15, -0.1) is 0 Å². The zero-order valence-electron chi connectivity index (χ0n) is 13.4. The smallest absolute Gasteiger partial charge is 0.158 e. The molecule has 1 rings (SSSR count). The Balaban J connectivity index is 2.68. The molecule has 0 radical (unpaired) electrons. The van der Waals surface area contributed by atoms with Crippen LogP contribution in [0.2, 0.25) is 0 Å². The minimum atomic E-state index is 0.000301. The predicted molar refractivity (Wildman–Crippen MR) is 76.6 cm³/mol. The Labute approximate surface area is 113 Å². The average Bonchev–Trinajstić information content (AvgIpc) is 2.13. The van der Waals surface area contributed by atoms with Crippen LogP contribution in [0.1, 0.15) is 74.1 Å². The van der Waals surface area contributed by atoms with Crippen LogP contribution in [0, 0.1) is 10.8 Å². The summed E-state index contributed by atoms with van der Waals surface area (Å²) in [5.74, 6) is 0. The summed E-state index contributed by atoms with van der Waals surface area (Å²) in [6.45, 7) is 15.8. The highest BCUT2D eigenvalue weighted by Crippen LogP contribution is 2.36. The van der Waals surface area contributed by atoms with Gasteiger partial charge in [-0.1, -0.05) is 54.9 Å². The van der Waals surface area contributed by atoms with Crippen LogP contribution in [-0.2, 0) is 9.47 Å². The molecular weight excluding hydrogens is 224 g/mol. The fourth-order valence-electron chi connectivity index (χ4n) is 2.52. The standard InChI is InChI=1S/C16H32O2/c1-8-9-14-17-12(11-15(2,3)4)10-13(18-14)16(5,6)7/h12-14H,8-11H2,1-7H3/t12?,13?,14-/m0/s1. The number of rotatable bonds is 3. The number of hydrogen-bond donors (Lipinski definition) is 0. The van der Waals surface area contributed by atoms with Crippen LogP contribution in [0.25, 0.3) is 0 Å². The first kappa shape index (κ1) is 16.0. The van der Waals surface area contributed by atoms with Gasteiger partial charge in [0, 0.05) is 6.42 Å². The van der Waals surface area contributed by atoms with Gasteiger partial charge in [-0.05, 0) is 23.7 Å². The first-order valence-corrected chi connectivity index (χ1v) is 7.43. The van der Waals surface area contributed by atoms with Crippen molar-refractivity contribution in [2.75, 3.05) is 0 Å². The van der Waals surface area contributed by atoms with Crippen LogP contribution in [0.5, 0.6) is 0 Å². The van der Waals surface area contributed by atoms with Gasteiger partial charge in [0.2, 0.25) is 0 Å². The highest BCUT2D eigenvalue weighted by atomic mass is 16.7. The van der Waals surface area contributed by atoms with Crippen molar-refractivity contribution in [1.82, 2.24) is 0 Å². The summed E-state index contributed by atoms with van der Waals surface area (Å²) in [4.78, 5) is 0. The lowest BCUT2D eigenvalue weighted by molar-refractivity contribution is -0.267. The van der Waals surface area contributed by atoms with Crippen LogP contribution >= 0.6 is 0 Å². The van der Waals surface area contributed by atoms with Crippen LogP contribution in [-0.4, -0.2) is 18.5 Å². The Morgan fingerprint density at radius 2 is 1.61 bits per heavy atom. The summed E-state index contributed by atoms with van der Waals surface area (Å²) < 4.78 is 12.2. The van der Waals surface area contributed by atoms with Gasteiger partial charge in [0.15, 0.2) is 6.29 Å². The monoisotopic (exact) mass is 256 g/mol. The summed E-state index contributed by atoms with van der Waals surface area (Å²) in [5.41, 5.74) is 0.521. The van der Waals surface area contributed by atoms with Crippen molar-refractivity contribution >= 4 is 0 Å². The molecule has 1 fully saturated rings. The van der Waals surface area contributed by atoms with Crippen LogP contribution in [0.3, 0.4) is 0 Å². The first-order chi connectivity index (χ1) is 8.12. The van der Waals surface area contributed by atoms with Crippen molar-refractivity contribution in [3.63, 3.8) is 0 Å². The molecule has 0 amide bonds. The minimum absolute atomic E-state index is 0.000301. The Bertz CT molecular complexity index is 247. The van der Waals surface area contributed by atoms with Crippen molar-refractivity contribution in [2.24, 2.45) is 10.8 Å². The van der Waals surface area contributed by atoms with Crippen molar-refractivity contribution in [2.45, 2.75) is 92.6 Å². The molecule has 0 aromatic carbocycles. The van der Waals surface area contributed by atoms with Crippen molar-refractivity contribution in [1.29, 1.82) is 0 Å². The van der Waals surface area contributed by atoms with E-state index in [2.05, 4.69) is 48.5 Å². The maximum Gasteiger partial charge on any atom is 0.158 e. The van der Waals surface area contributed by atoms with E-state index in [0.717, 1.165) is 25.7 Å². The molecule has 0 saturated carbocycles. The SMILES string of the molecule is CCC[C@H]1OC(CC(C)(C)C)CC(C(C)(C)C)O1. The summed E-state index contributed by atoms with van der Waals surface area (Å²) in [6, 6.07) is 0. The van der Waals surface area contributed by atoms with E-state index in [9.17, 15) is 0 Å². The molecule has 2 nitrogen and oxygen atoms in total. The average molecular weight is 256 g/mol. The number of hydrogen-bond acceptors (Lipinski definition) is 2. The molecule has 18 heavy (non-hydrogen) atoms. The Morgan fingerprint density at radius 1 is 1.00 bits per heavy atom. The summed E-state index contributed by atoms with van der Waals surface area (Å²) in [6.07, 6.45) is 4.93. The van der Waals surface area contributed by atoms with Crippen molar-refractivity contribution < 1.29 is 9.47 Å². The third kappa shape index (κ3) is 5.27. The molecule has 0 aliphatic carbocycles. The first-order valence-electron chi connectivity index (χ1n) is 7.43. The molecule has 0 N–H and O–H groups in total. The molecule has 1 aliphatic rings. The van der Waals surface area contributed by atoms with Gasteiger partial charge in [0.25, 0.3) is 0 Å². The highest BCUT2D eigenvalue weighted by Gasteiger charge is 2.37. The molecule has 2 unspecified atom stereocenters. The molecule has 2 heteroatoms. The van der Waals surface area contributed by atoms with Crippen molar-refractivity contribution in [3.05, 3.63) is 0 Å². The van der Waals surface area contributed by atoms with E-state index in [4.69, 9.17) is 9.47 Å². The molecule has 0 aromatic rings. The third-order valence-corrected chi connectivity index (χ3v) is 3.47. The Kier molecular flexibility index (Phi) is 5.25. The summed E-state index contributed by atoms with van der Waals surface area (Å²) >= 11 is 0. The molecule has 1 heterocycles. The largest absolute Gasteiger partial charge is 0.349 e. The minimum Gasteiger partial charge on any atom is -0.349 e. The summed E-state index contributed by atoms with van der Waals surface area (Å²) in [5, 5.41) is 0. The van der Waals surface area contributed by atoms with Crippen molar-refractivity contribution in [3.8, 4) is 0 Å². The van der Waals surface area contributed by atoms with Gasteiger partial charge in [0.1, 0.15) is 0 Å². The fraction of sp³-hybridized carbons (Fsp3) is 1.00. The topological polar surface area (TPSA) is 18.5 Å². The quantitative estimate of drug-likeness (QED) is 0.724. The zero-order valence-corrected chi connectivity index (χ0v) is 13.4. The van der Waals surface area contributed by atoms with Gasteiger partial charge < -0.3 is 9.47 Å². The van der Waals surface area contributed by atoms with E-state index in [0.29, 0.717) is 17.6 Å². The van der Waals surface area contributed by atoms with Gasteiger partial charge in [-0.3, -0.25) is 0 Å². The molecular formula is C16H32O2. The van der Waals surface area contributed by atoms with Crippen LogP contribution < -0.4 is 0 Å². The second kappa shape index (κ2) is 5.92. The fourth-order valence-corrected chi connectivity index (χ4v) is 2.52. The Hall–Kier alpha value is -0.0800. The summed E-state index contributed by atoms with van der Waals surface area (Å²) in [7, 11) is 0. The van der Waals surface area contributed by atoms with E-state index in [-0.39, 0.29) is 11.7 Å². The molecule has 0 aromatic heterocycles. The second-order valence-corrected chi connectivity index (χ2v) is 7.97. The lowest BCUT2D eigenvalue weighted by Gasteiger charge is -2.43. The van der Waals surface area contributed by atoms with Gasteiger partial charge in [0.05, 0.1) is 12.2 Å². The lowest BCUT2D eigenvalue weighted by atomic mass is 9.81. The molecule has 1 saturated heterocycles. The molecule has 3 atom stereocenters. The van der Waals surface area contributed by atoms with E-state index in [1.807, 2.05) is 0 Å². The molecule has 0 spiro atoms. The molecule has 0 bridgehead atoms. The Morgan fingerprint density at radius 3 is 2.06 bits per heavy atom. The van der Waals surface area contributed by atoms with E-state index < -0.39 is 0 Å². The number of ether oxygens (including phenoxy) is 2. The van der Waals surface area contributed by atoms with Crippen LogP contribution in [0.4, 0.5) is 0 Å². The zero-order chi connectivity index (χ0) is 14.0. The van der Waals surface area contributed by atoms with Gasteiger partial charge in [-0.2, -0.15) is 0 Å². The molecule has 108 valence electrons. The van der Waals surface area contributed by atoms with E-state index >= 15 is 0 Å². The maximum atomic E-state index is 6.11. The van der Waals surface area contributed by atoms with Crippen LogP contribution in [0.15, 0.2) is 0 Å². The predicted octanol–water partition coefficient (Wildman–Crippen LogP) is 4.77. The van der Waals surface area contributed by atoms with E-state index in [1.54, 1.807) is 0 Å². The van der Waals surface area contributed by atoms with Gasteiger partial charge in [-0.25, -0.2) is 0 Å².